The van der Waals surface area contributed by atoms with Crippen LogP contribution in [-0.2, 0) is 0 Å². The maximum atomic E-state index is 14.1. The number of nitrogens with one attached hydrogen (secondary N) is 1. The Hall–Kier alpha value is -1.39. The maximum Gasteiger partial charge on any atom is 0.168 e. The summed E-state index contributed by atoms with van der Waals surface area (Å²) in [4.78, 5) is 6.17. The quantitative estimate of drug-likeness (QED) is 0.890. The van der Waals surface area contributed by atoms with E-state index in [0.29, 0.717) is 12.0 Å². The minimum absolute atomic E-state index is 0.105. The molecule has 0 amide bonds. The molecule has 20 heavy (non-hydrogen) atoms. The lowest BCUT2D eigenvalue weighted by Gasteiger charge is -2.32. The van der Waals surface area contributed by atoms with Gasteiger partial charge in [0.1, 0.15) is 0 Å². The summed E-state index contributed by atoms with van der Waals surface area (Å²) >= 11 is 0. The van der Waals surface area contributed by atoms with E-state index in [1.54, 1.807) is 7.05 Å². The maximum absolute atomic E-state index is 14.1. The molecule has 1 aliphatic rings. The highest BCUT2D eigenvalue weighted by atomic mass is 19.1. The lowest BCUT2D eigenvalue weighted by molar-refractivity contribution is 0.508. The SMILES string of the molecule is CNc1nc(N(CC(C)C)C2CCCC2)c(F)cc1F. The van der Waals surface area contributed by atoms with Gasteiger partial charge in [0.15, 0.2) is 23.3 Å². The van der Waals surface area contributed by atoms with Gasteiger partial charge in [-0.1, -0.05) is 26.7 Å². The lowest BCUT2D eigenvalue weighted by Crippen LogP contribution is -2.37. The van der Waals surface area contributed by atoms with E-state index in [2.05, 4.69) is 24.1 Å². The fourth-order valence-corrected chi connectivity index (χ4v) is 2.85. The van der Waals surface area contributed by atoms with Crippen LogP contribution in [0.15, 0.2) is 6.07 Å². The Kier molecular flexibility index (Phi) is 4.78. The molecule has 1 aromatic heterocycles. The molecule has 3 nitrogen and oxygen atoms in total. The van der Waals surface area contributed by atoms with Gasteiger partial charge in [-0.05, 0) is 18.8 Å². The number of rotatable bonds is 5. The smallest absolute Gasteiger partial charge is 0.168 e. The van der Waals surface area contributed by atoms with Gasteiger partial charge in [-0.25, -0.2) is 13.8 Å². The average Bonchev–Trinajstić information content (AvgIpc) is 2.90. The molecule has 0 unspecified atom stereocenters. The molecule has 0 spiro atoms. The van der Waals surface area contributed by atoms with E-state index in [4.69, 9.17) is 0 Å². The fourth-order valence-electron chi connectivity index (χ4n) is 2.85. The Morgan fingerprint density at radius 3 is 2.50 bits per heavy atom. The number of halogens is 2. The largest absolute Gasteiger partial charge is 0.371 e. The summed E-state index contributed by atoms with van der Waals surface area (Å²) in [7, 11) is 1.59. The van der Waals surface area contributed by atoms with Gasteiger partial charge in [0.05, 0.1) is 0 Å². The van der Waals surface area contributed by atoms with Gasteiger partial charge < -0.3 is 10.2 Å². The van der Waals surface area contributed by atoms with Crippen molar-refractivity contribution in [3.63, 3.8) is 0 Å². The van der Waals surface area contributed by atoms with Crippen LogP contribution in [0.25, 0.3) is 0 Å². The summed E-state index contributed by atoms with van der Waals surface area (Å²) in [6.07, 6.45) is 4.45. The minimum atomic E-state index is -0.648. The molecule has 0 saturated heterocycles. The van der Waals surface area contributed by atoms with E-state index in [-0.39, 0.29) is 11.6 Å². The van der Waals surface area contributed by atoms with Crippen molar-refractivity contribution in [3.05, 3.63) is 17.7 Å². The van der Waals surface area contributed by atoms with E-state index in [0.717, 1.165) is 25.5 Å². The van der Waals surface area contributed by atoms with E-state index >= 15 is 0 Å². The molecule has 0 aromatic carbocycles. The lowest BCUT2D eigenvalue weighted by atomic mass is 10.1. The van der Waals surface area contributed by atoms with Crippen molar-refractivity contribution in [1.82, 2.24) is 4.98 Å². The summed E-state index contributed by atoms with van der Waals surface area (Å²) in [6.45, 7) is 4.94. The molecule has 1 saturated carbocycles. The zero-order chi connectivity index (χ0) is 14.7. The van der Waals surface area contributed by atoms with Crippen LogP contribution in [0, 0.1) is 17.6 Å². The Morgan fingerprint density at radius 1 is 1.30 bits per heavy atom. The van der Waals surface area contributed by atoms with Crippen molar-refractivity contribution in [2.45, 2.75) is 45.6 Å². The average molecular weight is 283 g/mol. The minimum Gasteiger partial charge on any atom is -0.371 e. The predicted octanol–water partition coefficient (Wildman–Crippen LogP) is 3.81. The van der Waals surface area contributed by atoms with Gasteiger partial charge in [-0.2, -0.15) is 0 Å². The van der Waals surface area contributed by atoms with Crippen molar-refractivity contribution in [2.24, 2.45) is 5.92 Å². The summed E-state index contributed by atoms with van der Waals surface area (Å²) < 4.78 is 27.7. The fraction of sp³-hybridized carbons (Fsp3) is 0.667. The summed E-state index contributed by atoms with van der Waals surface area (Å²) in [5, 5.41) is 2.68. The topological polar surface area (TPSA) is 28.2 Å². The second-order valence-corrected chi connectivity index (χ2v) is 5.86. The molecule has 1 heterocycles. The molecule has 1 aromatic rings. The second-order valence-electron chi connectivity index (χ2n) is 5.86. The number of hydrogen-bond donors (Lipinski definition) is 1. The zero-order valence-electron chi connectivity index (χ0n) is 12.4. The Labute approximate surface area is 119 Å². The van der Waals surface area contributed by atoms with Gasteiger partial charge in [-0.15, -0.1) is 0 Å². The van der Waals surface area contributed by atoms with E-state index in [1.165, 1.54) is 12.8 Å². The van der Waals surface area contributed by atoms with Crippen LogP contribution in [0.1, 0.15) is 39.5 Å². The highest BCUT2D eigenvalue weighted by Gasteiger charge is 2.27. The monoisotopic (exact) mass is 283 g/mol. The van der Waals surface area contributed by atoms with Crippen LogP contribution < -0.4 is 10.2 Å². The normalized spacial score (nSPS) is 15.9. The van der Waals surface area contributed by atoms with Crippen LogP contribution in [0.3, 0.4) is 0 Å². The third-order valence-corrected chi connectivity index (χ3v) is 3.75. The van der Waals surface area contributed by atoms with Crippen molar-refractivity contribution >= 4 is 11.6 Å². The number of nitrogens with zero attached hydrogens (tertiary/aromatic N) is 2. The van der Waals surface area contributed by atoms with Crippen LogP contribution in [0.2, 0.25) is 0 Å². The van der Waals surface area contributed by atoms with Gasteiger partial charge in [0, 0.05) is 25.7 Å². The summed E-state index contributed by atoms with van der Waals surface area (Å²) in [6, 6.07) is 1.24. The Morgan fingerprint density at radius 2 is 1.95 bits per heavy atom. The van der Waals surface area contributed by atoms with Gasteiger partial charge in [0.25, 0.3) is 0 Å². The first-order chi connectivity index (χ1) is 9.52. The number of anilines is 2. The number of pyridine rings is 1. The molecule has 2 rings (SSSR count). The molecule has 0 aliphatic heterocycles. The first-order valence-corrected chi connectivity index (χ1v) is 7.33. The molecule has 1 aliphatic carbocycles. The third-order valence-electron chi connectivity index (χ3n) is 3.75. The zero-order valence-corrected chi connectivity index (χ0v) is 12.4. The molecular formula is C15H23F2N3. The first-order valence-electron chi connectivity index (χ1n) is 7.33. The van der Waals surface area contributed by atoms with E-state index in [1.807, 2.05) is 4.90 Å². The Balaban J connectivity index is 2.36. The van der Waals surface area contributed by atoms with Crippen LogP contribution in [0.5, 0.6) is 0 Å². The Bertz CT molecular complexity index is 457. The predicted molar refractivity (Wildman–Crippen MR) is 78.1 cm³/mol. The van der Waals surface area contributed by atoms with Gasteiger partial charge >= 0.3 is 0 Å². The van der Waals surface area contributed by atoms with Crippen molar-refractivity contribution in [1.29, 1.82) is 0 Å². The number of hydrogen-bond acceptors (Lipinski definition) is 3. The second kappa shape index (κ2) is 6.37. The van der Waals surface area contributed by atoms with E-state index < -0.39 is 11.6 Å². The van der Waals surface area contributed by atoms with Gasteiger partial charge in [0.2, 0.25) is 0 Å². The van der Waals surface area contributed by atoms with Gasteiger partial charge in [-0.3, -0.25) is 0 Å². The molecule has 0 atom stereocenters. The molecule has 112 valence electrons. The molecular weight excluding hydrogens is 260 g/mol. The van der Waals surface area contributed by atoms with Crippen molar-refractivity contribution in [2.75, 3.05) is 23.8 Å². The van der Waals surface area contributed by atoms with Crippen LogP contribution in [-0.4, -0.2) is 24.6 Å². The number of aromatic nitrogens is 1. The van der Waals surface area contributed by atoms with Crippen molar-refractivity contribution < 1.29 is 8.78 Å². The standard InChI is InChI=1S/C15H23F2N3/c1-10(2)9-20(11-6-4-5-7-11)15-13(17)8-12(16)14(18-3)19-15/h8,10-11H,4-7,9H2,1-3H3,(H,18,19). The molecule has 0 bridgehead atoms. The van der Waals surface area contributed by atoms with E-state index in [9.17, 15) is 8.78 Å². The van der Waals surface area contributed by atoms with Crippen LogP contribution in [0.4, 0.5) is 20.4 Å². The first kappa shape index (κ1) is 15.0. The van der Waals surface area contributed by atoms with Crippen LogP contribution >= 0.6 is 0 Å². The highest BCUT2D eigenvalue weighted by molar-refractivity contribution is 5.50. The molecule has 0 radical (unpaired) electrons. The summed E-state index contributed by atoms with van der Waals surface area (Å²) in [5.41, 5.74) is 0. The molecule has 5 heteroatoms. The van der Waals surface area contributed by atoms with Crippen molar-refractivity contribution in [3.8, 4) is 0 Å². The summed E-state index contributed by atoms with van der Waals surface area (Å²) in [5.74, 6) is -0.442. The molecule has 1 N–H and O–H groups in total. The molecule has 1 fully saturated rings. The third kappa shape index (κ3) is 3.19. The highest BCUT2D eigenvalue weighted by Crippen LogP contribution is 2.31.